The summed E-state index contributed by atoms with van der Waals surface area (Å²) in [6, 6.07) is 7.66. The van der Waals surface area contributed by atoms with Gasteiger partial charge in [0.15, 0.2) is 0 Å². The number of hydrogen-bond donors (Lipinski definition) is 2. The van der Waals surface area contributed by atoms with Crippen molar-refractivity contribution in [1.29, 1.82) is 0 Å². The first kappa shape index (κ1) is 17.3. The molecule has 0 saturated carbocycles. The lowest BCUT2D eigenvalue weighted by atomic mass is 10.2. The normalized spacial score (nSPS) is 13.8. The molecule has 0 saturated heterocycles. The van der Waals surface area contributed by atoms with Gasteiger partial charge in [-0.1, -0.05) is 0 Å². The van der Waals surface area contributed by atoms with Crippen molar-refractivity contribution < 1.29 is 9.59 Å². The number of nitrogens with zero attached hydrogens (tertiary/aromatic N) is 4. The van der Waals surface area contributed by atoms with Crippen LogP contribution in [0.5, 0.6) is 0 Å². The van der Waals surface area contributed by atoms with Crippen molar-refractivity contribution in [2.75, 3.05) is 32.5 Å². The molecular weight excluding hydrogens is 344 g/mol. The lowest BCUT2D eigenvalue weighted by Gasteiger charge is -2.28. The van der Waals surface area contributed by atoms with Crippen molar-refractivity contribution in [1.82, 2.24) is 24.3 Å². The summed E-state index contributed by atoms with van der Waals surface area (Å²) in [7, 11) is 3.74. The fraction of sp³-hybridized carbons (Fsp3) is 0.316. The molecule has 0 spiro atoms. The number of fused-ring (bicyclic) bond motifs is 2. The maximum atomic E-state index is 12.6. The van der Waals surface area contributed by atoms with Crippen LogP contribution in [-0.2, 0) is 17.9 Å². The van der Waals surface area contributed by atoms with Crippen LogP contribution in [-0.4, -0.2) is 63.3 Å². The molecule has 0 atom stereocenters. The van der Waals surface area contributed by atoms with E-state index in [1.807, 2.05) is 54.0 Å². The van der Waals surface area contributed by atoms with E-state index in [2.05, 4.69) is 15.3 Å². The summed E-state index contributed by atoms with van der Waals surface area (Å²) in [5.74, 6) is 0.553. The van der Waals surface area contributed by atoms with E-state index in [0.717, 1.165) is 22.4 Å². The molecule has 8 heteroatoms. The van der Waals surface area contributed by atoms with Gasteiger partial charge in [0.2, 0.25) is 5.91 Å². The Bertz CT molecular complexity index is 1000. The monoisotopic (exact) mass is 366 g/mol. The van der Waals surface area contributed by atoms with Crippen LogP contribution in [0.1, 0.15) is 16.3 Å². The Morgan fingerprint density at radius 1 is 1.26 bits per heavy atom. The van der Waals surface area contributed by atoms with E-state index in [-0.39, 0.29) is 11.8 Å². The van der Waals surface area contributed by atoms with Gasteiger partial charge in [-0.05, 0) is 38.4 Å². The van der Waals surface area contributed by atoms with Crippen molar-refractivity contribution in [2.24, 2.45) is 0 Å². The smallest absolute Gasteiger partial charge is 0.275 e. The molecule has 0 radical (unpaired) electrons. The third-order valence-corrected chi connectivity index (χ3v) is 4.65. The number of nitrogens with one attached hydrogen (secondary N) is 2. The standard InChI is InChI=1S/C19H22N6O2/c1-23(2)12-18(26)25-8-7-24-10-16(22-17(24)11-25)19(27)21-14-3-4-15-13(9-14)5-6-20-15/h3-6,9-10,20H,7-8,11-12H2,1-2H3,(H,21,27). The highest BCUT2D eigenvalue weighted by atomic mass is 16.2. The highest BCUT2D eigenvalue weighted by Crippen LogP contribution is 2.19. The van der Waals surface area contributed by atoms with Crippen LogP contribution in [0.15, 0.2) is 36.7 Å². The van der Waals surface area contributed by atoms with Gasteiger partial charge in [-0.25, -0.2) is 4.98 Å². The molecule has 140 valence electrons. The maximum Gasteiger partial charge on any atom is 0.275 e. The molecule has 2 amide bonds. The average Bonchev–Trinajstić information content (AvgIpc) is 3.26. The van der Waals surface area contributed by atoms with Crippen molar-refractivity contribution >= 4 is 28.4 Å². The second-order valence-corrected chi connectivity index (χ2v) is 7.02. The zero-order valence-corrected chi connectivity index (χ0v) is 15.4. The van der Waals surface area contributed by atoms with Gasteiger partial charge in [-0.2, -0.15) is 0 Å². The molecular formula is C19H22N6O2. The van der Waals surface area contributed by atoms with Gasteiger partial charge in [0, 0.05) is 42.1 Å². The van der Waals surface area contributed by atoms with Gasteiger partial charge >= 0.3 is 0 Å². The van der Waals surface area contributed by atoms with Crippen molar-refractivity contribution in [2.45, 2.75) is 13.1 Å². The van der Waals surface area contributed by atoms with Gasteiger partial charge in [-0.3, -0.25) is 9.59 Å². The number of aromatic amines is 1. The summed E-state index contributed by atoms with van der Waals surface area (Å²) in [5, 5.41) is 3.93. The molecule has 8 nitrogen and oxygen atoms in total. The number of amides is 2. The molecule has 1 aliphatic heterocycles. The second kappa shape index (κ2) is 6.88. The van der Waals surface area contributed by atoms with Crippen LogP contribution < -0.4 is 5.32 Å². The molecule has 1 aromatic carbocycles. The summed E-state index contributed by atoms with van der Waals surface area (Å²) in [4.78, 5) is 36.0. The number of rotatable bonds is 4. The zero-order chi connectivity index (χ0) is 19.0. The average molecular weight is 366 g/mol. The molecule has 3 aromatic rings. The molecule has 27 heavy (non-hydrogen) atoms. The third-order valence-electron chi connectivity index (χ3n) is 4.65. The van der Waals surface area contributed by atoms with Gasteiger partial charge < -0.3 is 24.7 Å². The fourth-order valence-corrected chi connectivity index (χ4v) is 3.27. The van der Waals surface area contributed by atoms with Crippen LogP contribution >= 0.6 is 0 Å². The first-order chi connectivity index (χ1) is 13.0. The quantitative estimate of drug-likeness (QED) is 0.733. The maximum absolute atomic E-state index is 12.6. The van der Waals surface area contributed by atoms with E-state index in [1.165, 1.54) is 0 Å². The lowest BCUT2D eigenvalue weighted by molar-refractivity contribution is -0.133. The predicted octanol–water partition coefficient (Wildman–Crippen LogP) is 1.52. The van der Waals surface area contributed by atoms with Crippen LogP contribution in [0.25, 0.3) is 10.9 Å². The molecule has 0 unspecified atom stereocenters. The number of imidazole rings is 1. The van der Waals surface area contributed by atoms with E-state index in [1.54, 1.807) is 11.1 Å². The molecule has 0 bridgehead atoms. The fourth-order valence-electron chi connectivity index (χ4n) is 3.27. The molecule has 2 N–H and O–H groups in total. The topological polar surface area (TPSA) is 86.3 Å². The summed E-state index contributed by atoms with van der Waals surface area (Å²) in [6.07, 6.45) is 3.62. The van der Waals surface area contributed by atoms with E-state index < -0.39 is 0 Å². The second-order valence-electron chi connectivity index (χ2n) is 7.02. The Kier molecular flexibility index (Phi) is 4.41. The SMILES string of the molecule is CN(C)CC(=O)N1CCn2cc(C(=O)Nc3ccc4[nH]ccc4c3)nc2C1. The van der Waals surface area contributed by atoms with E-state index in [9.17, 15) is 9.59 Å². The largest absolute Gasteiger partial charge is 0.361 e. The summed E-state index contributed by atoms with van der Waals surface area (Å²) in [5.41, 5.74) is 2.11. The Hall–Kier alpha value is -3.13. The van der Waals surface area contributed by atoms with Crippen molar-refractivity contribution in [3.63, 3.8) is 0 Å². The summed E-state index contributed by atoms with van der Waals surface area (Å²) < 4.78 is 1.95. The minimum Gasteiger partial charge on any atom is -0.361 e. The summed E-state index contributed by atoms with van der Waals surface area (Å²) in [6.45, 7) is 2.07. The van der Waals surface area contributed by atoms with E-state index in [0.29, 0.717) is 31.9 Å². The molecule has 0 aliphatic carbocycles. The Balaban J connectivity index is 1.47. The minimum atomic E-state index is -0.252. The van der Waals surface area contributed by atoms with Crippen molar-refractivity contribution in [3.8, 4) is 0 Å². The minimum absolute atomic E-state index is 0.0695. The number of carbonyl (C=O) groups excluding carboxylic acids is 2. The highest BCUT2D eigenvalue weighted by Gasteiger charge is 2.24. The molecule has 2 aromatic heterocycles. The lowest BCUT2D eigenvalue weighted by Crippen LogP contribution is -2.42. The van der Waals surface area contributed by atoms with Gasteiger partial charge in [0.05, 0.1) is 13.1 Å². The van der Waals surface area contributed by atoms with Crippen molar-refractivity contribution in [3.05, 3.63) is 48.2 Å². The molecule has 3 heterocycles. The zero-order valence-electron chi connectivity index (χ0n) is 15.4. The van der Waals surface area contributed by atoms with Crippen LogP contribution in [0.4, 0.5) is 5.69 Å². The van der Waals surface area contributed by atoms with Gasteiger partial charge in [0.25, 0.3) is 5.91 Å². The number of H-pyrrole nitrogens is 1. The van der Waals surface area contributed by atoms with E-state index >= 15 is 0 Å². The number of aromatic nitrogens is 3. The number of likely N-dealkylation sites (N-methyl/N-ethyl adjacent to an activating group) is 1. The number of carbonyl (C=O) groups is 2. The number of hydrogen-bond acceptors (Lipinski definition) is 4. The van der Waals surface area contributed by atoms with Crippen LogP contribution in [0.3, 0.4) is 0 Å². The van der Waals surface area contributed by atoms with E-state index in [4.69, 9.17) is 0 Å². The van der Waals surface area contributed by atoms with Crippen LogP contribution in [0.2, 0.25) is 0 Å². The Labute approximate surface area is 156 Å². The van der Waals surface area contributed by atoms with Gasteiger partial charge in [0.1, 0.15) is 11.5 Å². The summed E-state index contributed by atoms with van der Waals surface area (Å²) >= 11 is 0. The Morgan fingerprint density at radius 2 is 2.11 bits per heavy atom. The predicted molar refractivity (Wildman–Crippen MR) is 102 cm³/mol. The molecule has 0 fully saturated rings. The first-order valence-corrected chi connectivity index (χ1v) is 8.86. The third kappa shape index (κ3) is 3.56. The van der Waals surface area contributed by atoms with Crippen LogP contribution in [0, 0.1) is 0 Å². The Morgan fingerprint density at radius 3 is 2.93 bits per heavy atom. The highest BCUT2D eigenvalue weighted by molar-refractivity contribution is 6.03. The number of anilines is 1. The molecule has 4 rings (SSSR count). The first-order valence-electron chi connectivity index (χ1n) is 8.86. The molecule has 1 aliphatic rings. The number of benzene rings is 1. The van der Waals surface area contributed by atoms with Gasteiger partial charge in [-0.15, -0.1) is 0 Å².